The zero-order valence-electron chi connectivity index (χ0n) is 15.2. The fourth-order valence-corrected chi connectivity index (χ4v) is 3.13. The maximum atomic E-state index is 12.6. The Morgan fingerprint density at radius 3 is 3.00 bits per heavy atom. The molecule has 2 amide bonds. The Kier molecular flexibility index (Phi) is 5.72. The van der Waals surface area contributed by atoms with Crippen LogP contribution in [0, 0.1) is 0 Å². The Bertz CT molecular complexity index is 740. The highest BCUT2D eigenvalue weighted by atomic mass is 16.3. The van der Waals surface area contributed by atoms with Gasteiger partial charge >= 0.3 is 0 Å². The molecule has 0 aliphatic carbocycles. The fraction of sp³-hybridized carbons (Fsp3) is 0.500. The number of amides is 2. The van der Waals surface area contributed by atoms with Crippen LogP contribution in [0.4, 0.5) is 0 Å². The van der Waals surface area contributed by atoms with Gasteiger partial charge in [0.15, 0.2) is 0 Å². The third-order valence-corrected chi connectivity index (χ3v) is 4.70. The molecule has 2 aromatic heterocycles. The third-order valence-electron chi connectivity index (χ3n) is 4.70. The molecule has 1 aliphatic heterocycles. The van der Waals surface area contributed by atoms with Gasteiger partial charge < -0.3 is 14.6 Å². The van der Waals surface area contributed by atoms with E-state index in [0.29, 0.717) is 26.2 Å². The summed E-state index contributed by atoms with van der Waals surface area (Å²) >= 11 is 0. The van der Waals surface area contributed by atoms with E-state index in [9.17, 15) is 9.59 Å². The van der Waals surface area contributed by atoms with Crippen molar-refractivity contribution in [3.63, 3.8) is 0 Å². The molecule has 0 spiro atoms. The first-order valence-electron chi connectivity index (χ1n) is 8.77. The minimum atomic E-state index is -0.452. The van der Waals surface area contributed by atoms with Gasteiger partial charge in [-0.05, 0) is 18.1 Å². The van der Waals surface area contributed by atoms with E-state index in [0.717, 1.165) is 17.5 Å². The van der Waals surface area contributed by atoms with Crippen molar-refractivity contribution >= 4 is 11.8 Å². The standard InChI is InChI=1S/C18H25N5O3/c1-21(6-3-14-10-20-22(2)11-14)17(24)9-16-18(25)19-5-7-23(16)12-15-4-8-26-13-15/h4,8,10-11,13,16H,3,5-7,9,12H2,1-2H3,(H,19,25)/t16-/m1/s1. The number of aryl methyl sites for hydroxylation is 1. The Labute approximate surface area is 152 Å². The van der Waals surface area contributed by atoms with E-state index in [1.54, 1.807) is 35.4 Å². The second kappa shape index (κ2) is 8.18. The molecule has 1 fully saturated rings. The summed E-state index contributed by atoms with van der Waals surface area (Å²) in [7, 11) is 3.65. The lowest BCUT2D eigenvalue weighted by Crippen LogP contribution is -2.56. The molecule has 1 saturated heterocycles. The summed E-state index contributed by atoms with van der Waals surface area (Å²) in [6, 6.07) is 1.43. The molecule has 3 heterocycles. The normalized spacial score (nSPS) is 17.9. The molecule has 0 aromatic carbocycles. The zero-order valence-corrected chi connectivity index (χ0v) is 15.2. The van der Waals surface area contributed by atoms with Gasteiger partial charge in [-0.1, -0.05) is 0 Å². The van der Waals surface area contributed by atoms with E-state index >= 15 is 0 Å². The molecule has 8 heteroatoms. The number of carbonyl (C=O) groups excluding carboxylic acids is 2. The summed E-state index contributed by atoms with van der Waals surface area (Å²) in [4.78, 5) is 28.7. The summed E-state index contributed by atoms with van der Waals surface area (Å²) in [6.45, 7) is 2.51. The van der Waals surface area contributed by atoms with Crippen LogP contribution in [0.3, 0.4) is 0 Å². The van der Waals surface area contributed by atoms with E-state index < -0.39 is 6.04 Å². The number of hydrogen-bond acceptors (Lipinski definition) is 5. The minimum Gasteiger partial charge on any atom is -0.472 e. The lowest BCUT2D eigenvalue weighted by molar-refractivity contribution is -0.138. The van der Waals surface area contributed by atoms with Gasteiger partial charge in [-0.3, -0.25) is 19.2 Å². The van der Waals surface area contributed by atoms with Crippen LogP contribution in [0.15, 0.2) is 35.4 Å². The Balaban J connectivity index is 1.56. The van der Waals surface area contributed by atoms with Crippen molar-refractivity contribution in [1.29, 1.82) is 0 Å². The number of aromatic nitrogens is 2. The van der Waals surface area contributed by atoms with Crippen LogP contribution in [0.5, 0.6) is 0 Å². The van der Waals surface area contributed by atoms with Gasteiger partial charge in [0.1, 0.15) is 0 Å². The van der Waals surface area contributed by atoms with Gasteiger partial charge in [0.25, 0.3) is 0 Å². The first kappa shape index (κ1) is 18.2. The maximum absolute atomic E-state index is 12.6. The smallest absolute Gasteiger partial charge is 0.237 e. The van der Waals surface area contributed by atoms with E-state index in [4.69, 9.17) is 4.42 Å². The van der Waals surface area contributed by atoms with E-state index in [1.165, 1.54) is 0 Å². The second-order valence-electron chi connectivity index (χ2n) is 6.70. The quantitative estimate of drug-likeness (QED) is 0.774. The van der Waals surface area contributed by atoms with Crippen molar-refractivity contribution < 1.29 is 14.0 Å². The predicted octanol–water partition coefficient (Wildman–Crippen LogP) is 0.405. The van der Waals surface area contributed by atoms with E-state index in [1.807, 2.05) is 24.2 Å². The highest BCUT2D eigenvalue weighted by Gasteiger charge is 2.32. The van der Waals surface area contributed by atoms with Gasteiger partial charge in [0.05, 0.1) is 31.2 Å². The predicted molar refractivity (Wildman–Crippen MR) is 95.1 cm³/mol. The van der Waals surface area contributed by atoms with Crippen LogP contribution < -0.4 is 5.32 Å². The number of nitrogens with zero attached hydrogens (tertiary/aromatic N) is 4. The molecular formula is C18H25N5O3. The summed E-state index contributed by atoms with van der Waals surface area (Å²) in [5.41, 5.74) is 2.09. The van der Waals surface area contributed by atoms with Crippen LogP contribution in [0.2, 0.25) is 0 Å². The van der Waals surface area contributed by atoms with Crippen molar-refractivity contribution in [3.8, 4) is 0 Å². The molecule has 1 N–H and O–H groups in total. The van der Waals surface area contributed by atoms with Gasteiger partial charge in [-0.15, -0.1) is 0 Å². The highest BCUT2D eigenvalue weighted by Crippen LogP contribution is 2.15. The lowest BCUT2D eigenvalue weighted by atomic mass is 10.1. The van der Waals surface area contributed by atoms with Gasteiger partial charge in [-0.25, -0.2) is 0 Å². The Morgan fingerprint density at radius 2 is 2.31 bits per heavy atom. The molecule has 140 valence electrons. The van der Waals surface area contributed by atoms with Crippen molar-refractivity contribution in [1.82, 2.24) is 24.9 Å². The molecule has 1 aliphatic rings. The summed E-state index contributed by atoms with van der Waals surface area (Å²) < 4.78 is 6.85. The SMILES string of the molecule is CN(CCc1cnn(C)c1)C(=O)C[C@@H]1C(=O)NCCN1Cc1ccoc1. The number of piperazine rings is 1. The number of rotatable bonds is 7. The summed E-state index contributed by atoms with van der Waals surface area (Å²) in [5.74, 6) is -0.123. The van der Waals surface area contributed by atoms with Crippen molar-refractivity contribution in [2.45, 2.75) is 25.4 Å². The number of furan rings is 1. The first-order valence-corrected chi connectivity index (χ1v) is 8.77. The molecule has 2 aromatic rings. The summed E-state index contributed by atoms with van der Waals surface area (Å²) in [5, 5.41) is 7.00. The molecule has 3 rings (SSSR count). The van der Waals surface area contributed by atoms with Crippen LogP contribution in [-0.4, -0.2) is 64.1 Å². The number of carbonyl (C=O) groups is 2. The van der Waals surface area contributed by atoms with Crippen LogP contribution in [0.1, 0.15) is 17.5 Å². The highest BCUT2D eigenvalue weighted by molar-refractivity contribution is 5.88. The maximum Gasteiger partial charge on any atom is 0.237 e. The molecule has 0 radical (unpaired) electrons. The van der Waals surface area contributed by atoms with Gasteiger partial charge in [0.2, 0.25) is 11.8 Å². The minimum absolute atomic E-state index is 0.0341. The van der Waals surface area contributed by atoms with Crippen molar-refractivity contribution in [2.24, 2.45) is 7.05 Å². The second-order valence-corrected chi connectivity index (χ2v) is 6.70. The molecule has 0 unspecified atom stereocenters. The average Bonchev–Trinajstić information content (AvgIpc) is 3.27. The van der Waals surface area contributed by atoms with Gasteiger partial charge in [0, 0.05) is 52.0 Å². The monoisotopic (exact) mass is 359 g/mol. The Hall–Kier alpha value is -2.61. The van der Waals surface area contributed by atoms with Crippen LogP contribution in [0.25, 0.3) is 0 Å². The lowest BCUT2D eigenvalue weighted by Gasteiger charge is -2.35. The number of likely N-dealkylation sites (N-methyl/N-ethyl adjacent to an activating group) is 1. The summed E-state index contributed by atoms with van der Waals surface area (Å²) in [6.07, 6.45) is 7.95. The van der Waals surface area contributed by atoms with Crippen LogP contribution >= 0.6 is 0 Å². The van der Waals surface area contributed by atoms with E-state index in [-0.39, 0.29) is 18.2 Å². The van der Waals surface area contributed by atoms with Crippen molar-refractivity contribution in [2.75, 3.05) is 26.7 Å². The molecule has 8 nitrogen and oxygen atoms in total. The van der Waals surface area contributed by atoms with Gasteiger partial charge in [-0.2, -0.15) is 5.10 Å². The fourth-order valence-electron chi connectivity index (χ4n) is 3.13. The molecule has 0 saturated carbocycles. The van der Waals surface area contributed by atoms with E-state index in [2.05, 4.69) is 10.4 Å². The average molecular weight is 359 g/mol. The largest absolute Gasteiger partial charge is 0.472 e. The Morgan fingerprint density at radius 1 is 1.46 bits per heavy atom. The van der Waals surface area contributed by atoms with Crippen LogP contribution in [-0.2, 0) is 29.6 Å². The molecule has 26 heavy (non-hydrogen) atoms. The zero-order chi connectivity index (χ0) is 18.5. The third kappa shape index (κ3) is 4.51. The topological polar surface area (TPSA) is 83.6 Å². The number of hydrogen-bond donors (Lipinski definition) is 1. The molecule has 1 atom stereocenters. The number of nitrogens with one attached hydrogen (secondary N) is 1. The van der Waals surface area contributed by atoms with Crippen molar-refractivity contribution in [3.05, 3.63) is 42.1 Å². The molecule has 0 bridgehead atoms. The molecular weight excluding hydrogens is 334 g/mol. The first-order chi connectivity index (χ1) is 12.5.